The van der Waals surface area contributed by atoms with Crippen LogP contribution in [0.3, 0.4) is 0 Å². The van der Waals surface area contributed by atoms with E-state index in [4.69, 9.17) is 9.47 Å². The Morgan fingerprint density at radius 3 is 2.29 bits per heavy atom. The van der Waals surface area contributed by atoms with Crippen LogP contribution in [0.5, 0.6) is 11.5 Å². The second kappa shape index (κ2) is 7.20. The second-order valence-corrected chi connectivity index (χ2v) is 6.96. The lowest BCUT2D eigenvalue weighted by Crippen LogP contribution is -2.03. The zero-order valence-corrected chi connectivity index (χ0v) is 14.4. The Labute approximate surface area is 141 Å². The molecule has 0 radical (unpaired) electrons. The van der Waals surface area contributed by atoms with Gasteiger partial charge in [-0.15, -0.1) is 0 Å². The summed E-state index contributed by atoms with van der Waals surface area (Å²) >= 11 is 0. The fraction of sp³-hybridized carbons (Fsp3) is 0.167. The van der Waals surface area contributed by atoms with E-state index in [1.54, 1.807) is 36.4 Å². The first kappa shape index (κ1) is 17.6. The summed E-state index contributed by atoms with van der Waals surface area (Å²) in [6.45, 7) is 1.86. The highest BCUT2D eigenvalue weighted by molar-refractivity contribution is 7.95. The number of hydrogen-bond acceptors (Lipinski definition) is 5. The van der Waals surface area contributed by atoms with Gasteiger partial charge in [-0.2, -0.15) is 5.26 Å². The van der Waals surface area contributed by atoms with Gasteiger partial charge in [0.05, 0.1) is 19.1 Å². The fourth-order valence-corrected chi connectivity index (χ4v) is 3.24. The van der Waals surface area contributed by atoms with Crippen molar-refractivity contribution in [1.29, 1.82) is 5.26 Å². The Bertz CT molecular complexity index is 907. The van der Waals surface area contributed by atoms with Gasteiger partial charge in [0.15, 0.2) is 0 Å². The van der Waals surface area contributed by atoms with Gasteiger partial charge in [0.1, 0.15) is 22.5 Å². The smallest absolute Gasteiger partial charge is 0.216 e. The van der Waals surface area contributed by atoms with Gasteiger partial charge in [-0.3, -0.25) is 0 Å². The molecule has 0 N–H and O–H groups in total. The largest absolute Gasteiger partial charge is 0.497 e. The first-order valence-electron chi connectivity index (χ1n) is 7.08. The molecule has 0 saturated carbocycles. The van der Waals surface area contributed by atoms with E-state index in [1.165, 1.54) is 32.4 Å². The minimum absolute atomic E-state index is 0.0772. The van der Waals surface area contributed by atoms with Crippen LogP contribution in [-0.2, 0) is 9.84 Å². The van der Waals surface area contributed by atoms with E-state index in [0.717, 1.165) is 5.56 Å². The molecule has 0 fully saturated rings. The van der Waals surface area contributed by atoms with Crippen LogP contribution in [0.25, 0.3) is 6.08 Å². The Balaban J connectivity index is 2.54. The topological polar surface area (TPSA) is 76.4 Å². The van der Waals surface area contributed by atoms with Crippen molar-refractivity contribution in [2.24, 2.45) is 0 Å². The number of aryl methyl sites for hydroxylation is 1. The highest BCUT2D eigenvalue weighted by Crippen LogP contribution is 2.29. The molecule has 0 atom stereocenters. The molecular formula is C18H17NO4S. The van der Waals surface area contributed by atoms with Crippen LogP contribution in [-0.4, -0.2) is 22.6 Å². The highest BCUT2D eigenvalue weighted by atomic mass is 32.2. The molecule has 6 heteroatoms. The van der Waals surface area contributed by atoms with Crippen LogP contribution >= 0.6 is 0 Å². The van der Waals surface area contributed by atoms with Crippen molar-refractivity contribution in [3.8, 4) is 17.6 Å². The molecule has 0 aliphatic rings. The van der Waals surface area contributed by atoms with Crippen molar-refractivity contribution in [2.45, 2.75) is 11.8 Å². The summed E-state index contributed by atoms with van der Waals surface area (Å²) in [5.41, 5.74) is 1.42. The molecule has 0 aliphatic heterocycles. The normalized spacial score (nSPS) is 11.7. The molecule has 0 aliphatic carbocycles. The van der Waals surface area contributed by atoms with E-state index < -0.39 is 9.84 Å². The van der Waals surface area contributed by atoms with Gasteiger partial charge in [-0.25, -0.2) is 8.42 Å². The lowest BCUT2D eigenvalue weighted by atomic mass is 10.2. The number of allylic oxidation sites excluding steroid dienone is 1. The molecule has 2 rings (SSSR count). The summed E-state index contributed by atoms with van der Waals surface area (Å²) in [7, 11) is -0.908. The Morgan fingerprint density at radius 2 is 1.75 bits per heavy atom. The molecular weight excluding hydrogens is 326 g/mol. The number of nitrogens with zero attached hydrogens (tertiary/aromatic N) is 1. The number of hydrogen-bond donors (Lipinski definition) is 0. The maximum Gasteiger partial charge on any atom is 0.216 e. The minimum atomic E-state index is -3.89. The molecule has 2 aromatic carbocycles. The van der Waals surface area contributed by atoms with Crippen LogP contribution < -0.4 is 9.47 Å². The van der Waals surface area contributed by atoms with Crippen molar-refractivity contribution >= 4 is 15.9 Å². The van der Waals surface area contributed by atoms with E-state index in [2.05, 4.69) is 0 Å². The van der Waals surface area contributed by atoms with E-state index in [0.29, 0.717) is 17.1 Å². The number of rotatable bonds is 5. The number of sulfone groups is 1. The third kappa shape index (κ3) is 3.58. The summed E-state index contributed by atoms with van der Waals surface area (Å²) in [5, 5.41) is 9.34. The molecule has 24 heavy (non-hydrogen) atoms. The van der Waals surface area contributed by atoms with Crippen LogP contribution in [0.15, 0.2) is 52.3 Å². The van der Waals surface area contributed by atoms with Crippen molar-refractivity contribution in [3.63, 3.8) is 0 Å². The van der Waals surface area contributed by atoms with Crippen molar-refractivity contribution in [3.05, 3.63) is 58.5 Å². The average molecular weight is 343 g/mol. The van der Waals surface area contributed by atoms with Gasteiger partial charge < -0.3 is 9.47 Å². The summed E-state index contributed by atoms with van der Waals surface area (Å²) in [5.74, 6) is 0.991. The zero-order chi connectivity index (χ0) is 17.7. The Kier molecular flexibility index (Phi) is 5.27. The van der Waals surface area contributed by atoms with Crippen LogP contribution in [0.2, 0.25) is 0 Å². The maximum absolute atomic E-state index is 12.6. The summed E-state index contributed by atoms with van der Waals surface area (Å²) in [6.07, 6.45) is 1.30. The Morgan fingerprint density at radius 1 is 1.08 bits per heavy atom. The van der Waals surface area contributed by atoms with Gasteiger partial charge in [0.2, 0.25) is 9.84 Å². The predicted molar refractivity (Wildman–Crippen MR) is 91.5 cm³/mol. The number of nitriles is 1. The van der Waals surface area contributed by atoms with Crippen LogP contribution in [0.1, 0.15) is 11.1 Å². The predicted octanol–water partition coefficient (Wildman–Crippen LogP) is 3.35. The van der Waals surface area contributed by atoms with E-state index in [1.807, 2.05) is 6.92 Å². The van der Waals surface area contributed by atoms with Gasteiger partial charge >= 0.3 is 0 Å². The lowest BCUT2D eigenvalue weighted by Gasteiger charge is -2.08. The van der Waals surface area contributed by atoms with Crippen LogP contribution in [0, 0.1) is 18.3 Å². The van der Waals surface area contributed by atoms with Crippen molar-refractivity contribution in [2.75, 3.05) is 14.2 Å². The molecule has 0 spiro atoms. The van der Waals surface area contributed by atoms with Crippen LogP contribution in [0.4, 0.5) is 0 Å². The minimum Gasteiger partial charge on any atom is -0.497 e. The summed E-state index contributed by atoms with van der Waals surface area (Å²) in [4.78, 5) is -0.275. The number of ether oxygens (including phenoxy) is 2. The monoisotopic (exact) mass is 343 g/mol. The molecule has 0 bridgehead atoms. The highest BCUT2D eigenvalue weighted by Gasteiger charge is 2.21. The number of benzene rings is 2. The zero-order valence-electron chi connectivity index (χ0n) is 13.6. The molecule has 124 valence electrons. The second-order valence-electron chi connectivity index (χ2n) is 5.04. The standard InChI is InChI=1S/C18H17NO4S/c1-13-4-8-16(9-5-13)24(20,21)17(12-19)10-14-6-7-15(22-2)11-18(14)23-3/h4-11H,1-3H3/b17-10-. The van der Waals surface area contributed by atoms with Crippen molar-refractivity contribution < 1.29 is 17.9 Å². The summed E-state index contributed by atoms with van der Waals surface area (Å²) in [6, 6.07) is 13.1. The lowest BCUT2D eigenvalue weighted by molar-refractivity contribution is 0.394. The number of methoxy groups -OCH3 is 2. The molecule has 0 unspecified atom stereocenters. The Hall–Kier alpha value is -2.78. The summed E-state index contributed by atoms with van der Waals surface area (Å²) < 4.78 is 35.6. The van der Waals surface area contributed by atoms with E-state index >= 15 is 0 Å². The van der Waals surface area contributed by atoms with Gasteiger partial charge in [-0.05, 0) is 37.3 Å². The maximum atomic E-state index is 12.6. The quantitative estimate of drug-likeness (QED) is 0.778. The molecule has 0 saturated heterocycles. The van der Waals surface area contributed by atoms with Gasteiger partial charge in [-0.1, -0.05) is 17.7 Å². The van der Waals surface area contributed by atoms with E-state index in [-0.39, 0.29) is 9.80 Å². The average Bonchev–Trinajstić information content (AvgIpc) is 2.59. The molecule has 0 aromatic heterocycles. The molecule has 5 nitrogen and oxygen atoms in total. The fourth-order valence-electron chi connectivity index (χ4n) is 2.09. The van der Waals surface area contributed by atoms with Gasteiger partial charge in [0, 0.05) is 11.6 Å². The molecule has 0 heterocycles. The van der Waals surface area contributed by atoms with Crippen molar-refractivity contribution in [1.82, 2.24) is 0 Å². The third-order valence-corrected chi connectivity index (χ3v) is 5.14. The molecule has 2 aromatic rings. The SMILES string of the molecule is COc1ccc(/C=C(/C#N)S(=O)(=O)c2ccc(C)cc2)c(OC)c1. The third-order valence-electron chi connectivity index (χ3n) is 3.46. The first-order chi connectivity index (χ1) is 11.4. The first-order valence-corrected chi connectivity index (χ1v) is 8.56. The van der Waals surface area contributed by atoms with Gasteiger partial charge in [0.25, 0.3) is 0 Å². The van der Waals surface area contributed by atoms with E-state index in [9.17, 15) is 13.7 Å². The molecule has 0 amide bonds.